The highest BCUT2D eigenvalue weighted by atomic mass is 17.8. The minimum Gasteiger partial charge on any atom is -0.306 e. The van der Waals surface area contributed by atoms with Crippen LogP contribution in [-0.2, 0) is 15.1 Å². The maximum Gasteiger partial charge on any atom is 0.168 e. The van der Waals surface area contributed by atoms with Gasteiger partial charge in [-0.25, -0.2) is 0 Å². The second kappa shape index (κ2) is 6.49. The molecule has 0 unspecified atom stereocenters. The maximum absolute atomic E-state index is 4.72. The summed E-state index contributed by atoms with van der Waals surface area (Å²) in [4.78, 5) is 9.43. The van der Waals surface area contributed by atoms with Crippen LogP contribution < -0.4 is 9.78 Å². The SMILES string of the molecule is c1ccc(OOOOOc2ccccc2)cc1. The van der Waals surface area contributed by atoms with Gasteiger partial charge in [0.15, 0.2) is 11.5 Å². The number of hydrogen-bond donors (Lipinski definition) is 0. The van der Waals surface area contributed by atoms with E-state index in [0.29, 0.717) is 11.5 Å². The van der Waals surface area contributed by atoms with Crippen molar-refractivity contribution in [2.75, 3.05) is 0 Å². The fraction of sp³-hybridized carbons (Fsp3) is 0. The molecule has 0 saturated carbocycles. The monoisotopic (exact) mass is 234 g/mol. The van der Waals surface area contributed by atoms with Crippen molar-refractivity contribution in [1.29, 1.82) is 0 Å². The van der Waals surface area contributed by atoms with Crippen molar-refractivity contribution in [2.45, 2.75) is 0 Å². The average Bonchev–Trinajstić information content (AvgIpc) is 2.41. The normalized spacial score (nSPS) is 9.88. The zero-order valence-corrected chi connectivity index (χ0v) is 8.81. The molecule has 0 aliphatic rings. The first-order chi connectivity index (χ1) is 8.45. The van der Waals surface area contributed by atoms with Gasteiger partial charge in [-0.05, 0) is 24.3 Å². The van der Waals surface area contributed by atoms with Gasteiger partial charge in [0, 0.05) is 15.1 Å². The minimum absolute atomic E-state index is 0.482. The van der Waals surface area contributed by atoms with Gasteiger partial charge in [0.05, 0.1) is 0 Å². The van der Waals surface area contributed by atoms with Crippen LogP contribution >= 0.6 is 0 Å². The Morgan fingerprint density at radius 3 is 1.29 bits per heavy atom. The van der Waals surface area contributed by atoms with E-state index in [1.165, 1.54) is 0 Å². The van der Waals surface area contributed by atoms with Gasteiger partial charge in [-0.15, -0.1) is 0 Å². The zero-order valence-electron chi connectivity index (χ0n) is 8.81. The Kier molecular flexibility index (Phi) is 4.36. The topological polar surface area (TPSA) is 46.2 Å². The predicted octanol–water partition coefficient (Wildman–Crippen LogP) is 2.85. The van der Waals surface area contributed by atoms with Crippen molar-refractivity contribution in [3.63, 3.8) is 0 Å². The Balaban J connectivity index is 1.61. The van der Waals surface area contributed by atoms with E-state index in [-0.39, 0.29) is 0 Å². The molecule has 0 aliphatic heterocycles. The molecule has 5 heteroatoms. The van der Waals surface area contributed by atoms with Crippen LogP contribution in [0.25, 0.3) is 0 Å². The molecule has 2 aromatic carbocycles. The molecule has 0 amide bonds. The molecule has 0 N–H and O–H groups in total. The summed E-state index contributed by atoms with van der Waals surface area (Å²) < 4.78 is 0. The summed E-state index contributed by atoms with van der Waals surface area (Å²) in [6.45, 7) is 0. The summed E-state index contributed by atoms with van der Waals surface area (Å²) in [7, 11) is 0. The molecule has 0 atom stereocenters. The molecule has 0 heterocycles. The lowest BCUT2D eigenvalue weighted by atomic mass is 10.3. The van der Waals surface area contributed by atoms with Gasteiger partial charge in [0.1, 0.15) is 0 Å². The molecule has 2 rings (SSSR count). The molecular weight excluding hydrogens is 224 g/mol. The first kappa shape index (κ1) is 11.4. The third kappa shape index (κ3) is 4.12. The van der Waals surface area contributed by atoms with Crippen LogP contribution in [0.3, 0.4) is 0 Å². The van der Waals surface area contributed by atoms with E-state index < -0.39 is 0 Å². The molecule has 88 valence electrons. The highest BCUT2D eigenvalue weighted by Crippen LogP contribution is 2.10. The second-order valence-electron chi connectivity index (χ2n) is 3.00. The number of hydrogen-bond acceptors (Lipinski definition) is 5. The summed E-state index contributed by atoms with van der Waals surface area (Å²) in [6.07, 6.45) is 0. The van der Waals surface area contributed by atoms with Crippen LogP contribution in [-0.4, -0.2) is 0 Å². The Hall–Kier alpha value is -2.08. The zero-order chi connectivity index (χ0) is 11.8. The number of para-hydroxylation sites is 2. The van der Waals surface area contributed by atoms with Gasteiger partial charge in [0.25, 0.3) is 0 Å². The van der Waals surface area contributed by atoms with Crippen LogP contribution in [0.1, 0.15) is 0 Å². The van der Waals surface area contributed by atoms with Crippen molar-refractivity contribution in [2.24, 2.45) is 0 Å². The molecule has 0 aromatic heterocycles. The fourth-order valence-corrected chi connectivity index (χ4v) is 1.07. The van der Waals surface area contributed by atoms with Crippen LogP contribution in [0.15, 0.2) is 60.7 Å². The number of benzene rings is 2. The van der Waals surface area contributed by atoms with Gasteiger partial charge in [-0.3, -0.25) is 0 Å². The van der Waals surface area contributed by atoms with E-state index in [9.17, 15) is 0 Å². The Bertz CT molecular complexity index is 376. The summed E-state index contributed by atoms with van der Waals surface area (Å²) in [5.74, 6) is 0.964. The molecule has 0 radical (unpaired) electrons. The van der Waals surface area contributed by atoms with E-state index >= 15 is 0 Å². The van der Waals surface area contributed by atoms with E-state index in [4.69, 9.17) is 9.78 Å². The Labute approximate surface area is 97.8 Å². The molecule has 17 heavy (non-hydrogen) atoms. The van der Waals surface area contributed by atoms with Gasteiger partial charge in [-0.1, -0.05) is 36.4 Å². The summed E-state index contributed by atoms with van der Waals surface area (Å²) in [5.41, 5.74) is 0. The van der Waals surface area contributed by atoms with Gasteiger partial charge in [-0.2, -0.15) is 0 Å². The van der Waals surface area contributed by atoms with Crippen LogP contribution in [0, 0.1) is 0 Å². The highest BCUT2D eigenvalue weighted by Gasteiger charge is 1.96. The summed E-state index contributed by atoms with van der Waals surface area (Å²) in [5, 5.41) is 12.8. The lowest BCUT2D eigenvalue weighted by Gasteiger charge is -2.02. The second-order valence-corrected chi connectivity index (χ2v) is 3.00. The molecular formula is C12H10O5. The Morgan fingerprint density at radius 1 is 0.471 bits per heavy atom. The summed E-state index contributed by atoms with van der Waals surface area (Å²) in [6, 6.07) is 17.6. The fourth-order valence-electron chi connectivity index (χ4n) is 1.07. The lowest BCUT2D eigenvalue weighted by Crippen LogP contribution is -2.03. The molecule has 5 nitrogen and oxygen atoms in total. The first-order valence-electron chi connectivity index (χ1n) is 4.90. The van der Waals surface area contributed by atoms with E-state index in [1.807, 2.05) is 12.1 Å². The van der Waals surface area contributed by atoms with Crippen molar-refractivity contribution < 1.29 is 24.9 Å². The highest BCUT2D eigenvalue weighted by molar-refractivity contribution is 5.20. The molecule has 0 aliphatic carbocycles. The third-order valence-corrected chi connectivity index (χ3v) is 1.80. The lowest BCUT2D eigenvalue weighted by molar-refractivity contribution is -0.671. The van der Waals surface area contributed by atoms with Gasteiger partial charge >= 0.3 is 0 Å². The maximum atomic E-state index is 4.72. The average molecular weight is 234 g/mol. The van der Waals surface area contributed by atoms with Gasteiger partial charge in [0.2, 0.25) is 0 Å². The van der Waals surface area contributed by atoms with Crippen molar-refractivity contribution in [3.8, 4) is 11.5 Å². The van der Waals surface area contributed by atoms with Crippen molar-refractivity contribution in [1.82, 2.24) is 0 Å². The molecule has 0 spiro atoms. The Morgan fingerprint density at radius 2 is 0.882 bits per heavy atom. The largest absolute Gasteiger partial charge is 0.306 e. The smallest absolute Gasteiger partial charge is 0.168 e. The van der Waals surface area contributed by atoms with Crippen molar-refractivity contribution >= 4 is 0 Å². The first-order valence-corrected chi connectivity index (χ1v) is 4.90. The predicted molar refractivity (Wildman–Crippen MR) is 57.4 cm³/mol. The van der Waals surface area contributed by atoms with E-state index in [1.54, 1.807) is 48.5 Å². The molecule has 2 aromatic rings. The van der Waals surface area contributed by atoms with Crippen molar-refractivity contribution in [3.05, 3.63) is 60.7 Å². The van der Waals surface area contributed by atoms with E-state index in [2.05, 4.69) is 15.1 Å². The molecule has 0 fully saturated rings. The standard InChI is InChI=1S/C12H10O5/c1-3-7-11(8-4-1)13-15-17-16-14-12-9-5-2-6-10-12/h1-10H. The minimum atomic E-state index is 0.482. The van der Waals surface area contributed by atoms with Crippen LogP contribution in [0.5, 0.6) is 11.5 Å². The van der Waals surface area contributed by atoms with E-state index in [0.717, 1.165) is 0 Å². The van der Waals surface area contributed by atoms with Crippen LogP contribution in [0.2, 0.25) is 0 Å². The molecule has 0 saturated heterocycles. The quantitative estimate of drug-likeness (QED) is 0.437. The van der Waals surface area contributed by atoms with Gasteiger partial charge < -0.3 is 9.78 Å². The van der Waals surface area contributed by atoms with Crippen LogP contribution in [0.4, 0.5) is 0 Å². The number of rotatable bonds is 6. The summed E-state index contributed by atoms with van der Waals surface area (Å²) >= 11 is 0. The molecule has 0 bridgehead atoms. The third-order valence-electron chi connectivity index (χ3n) is 1.80.